The Labute approximate surface area is 82.2 Å². The van der Waals surface area contributed by atoms with Crippen molar-refractivity contribution in [3.8, 4) is 0 Å². The Hall–Kier alpha value is -1.65. The highest BCUT2D eigenvalue weighted by atomic mass is 16.4. The summed E-state index contributed by atoms with van der Waals surface area (Å²) >= 11 is 0. The molecule has 0 fully saturated rings. The molecule has 0 aromatic carbocycles. The second kappa shape index (κ2) is 5.16. The molecule has 5 nitrogen and oxygen atoms in total. The molecule has 76 valence electrons. The highest BCUT2D eigenvalue weighted by Crippen LogP contribution is 2.06. The van der Waals surface area contributed by atoms with Crippen molar-refractivity contribution >= 4 is 11.8 Å². The van der Waals surface area contributed by atoms with Gasteiger partial charge < -0.3 is 10.4 Å². The van der Waals surface area contributed by atoms with Crippen LogP contribution in [0.3, 0.4) is 0 Å². The zero-order valence-corrected chi connectivity index (χ0v) is 7.97. The minimum Gasteiger partial charge on any atom is -0.481 e. The van der Waals surface area contributed by atoms with E-state index in [0.717, 1.165) is 6.42 Å². The van der Waals surface area contributed by atoms with E-state index in [1.807, 2.05) is 6.92 Å². The summed E-state index contributed by atoms with van der Waals surface area (Å²) in [5, 5.41) is 11.6. The van der Waals surface area contributed by atoms with E-state index in [2.05, 4.69) is 15.3 Å². The molecule has 0 aliphatic carbocycles. The van der Waals surface area contributed by atoms with Gasteiger partial charge in [0.25, 0.3) is 0 Å². The minimum absolute atomic E-state index is 0.0904. The SMILES string of the molecule is CCC(CC(=O)O)Nc1cnccn1. The second-order valence-electron chi connectivity index (χ2n) is 2.94. The van der Waals surface area contributed by atoms with Crippen molar-refractivity contribution < 1.29 is 9.90 Å². The lowest BCUT2D eigenvalue weighted by atomic mass is 10.1. The van der Waals surface area contributed by atoms with E-state index in [0.29, 0.717) is 5.82 Å². The third kappa shape index (κ3) is 3.38. The fraction of sp³-hybridized carbons (Fsp3) is 0.444. The van der Waals surface area contributed by atoms with Crippen LogP contribution >= 0.6 is 0 Å². The predicted octanol–water partition coefficient (Wildman–Crippen LogP) is 1.14. The Kier molecular flexibility index (Phi) is 3.84. The highest BCUT2D eigenvalue weighted by Gasteiger charge is 2.10. The van der Waals surface area contributed by atoms with Crippen molar-refractivity contribution in [1.29, 1.82) is 0 Å². The molecule has 0 saturated heterocycles. The van der Waals surface area contributed by atoms with E-state index in [9.17, 15) is 4.79 Å². The van der Waals surface area contributed by atoms with Gasteiger partial charge >= 0.3 is 5.97 Å². The maximum absolute atomic E-state index is 10.5. The summed E-state index contributed by atoms with van der Waals surface area (Å²) in [7, 11) is 0. The van der Waals surface area contributed by atoms with Gasteiger partial charge in [-0.15, -0.1) is 0 Å². The summed E-state index contributed by atoms with van der Waals surface area (Å²) in [6.45, 7) is 1.93. The van der Waals surface area contributed by atoms with Crippen molar-refractivity contribution in [2.75, 3.05) is 5.32 Å². The Morgan fingerprint density at radius 2 is 2.43 bits per heavy atom. The molecule has 5 heteroatoms. The average Bonchev–Trinajstić information content (AvgIpc) is 2.17. The van der Waals surface area contributed by atoms with Gasteiger partial charge in [0.1, 0.15) is 5.82 Å². The van der Waals surface area contributed by atoms with Gasteiger partial charge in [0.15, 0.2) is 0 Å². The molecule has 0 aliphatic rings. The van der Waals surface area contributed by atoms with Gasteiger partial charge in [0.05, 0.1) is 12.6 Å². The first-order valence-corrected chi connectivity index (χ1v) is 4.46. The number of nitrogens with one attached hydrogen (secondary N) is 1. The Bertz CT molecular complexity index is 289. The molecule has 1 unspecified atom stereocenters. The number of aliphatic carboxylic acids is 1. The number of rotatable bonds is 5. The zero-order chi connectivity index (χ0) is 10.4. The Balaban J connectivity index is 2.53. The number of nitrogens with zero attached hydrogens (tertiary/aromatic N) is 2. The van der Waals surface area contributed by atoms with E-state index in [1.54, 1.807) is 18.6 Å². The molecule has 2 N–H and O–H groups in total. The van der Waals surface area contributed by atoms with E-state index in [-0.39, 0.29) is 12.5 Å². The lowest BCUT2D eigenvalue weighted by molar-refractivity contribution is -0.137. The molecule has 1 heterocycles. The molecule has 0 saturated carbocycles. The summed E-state index contributed by atoms with van der Waals surface area (Å²) in [5.74, 6) is -0.200. The normalized spacial score (nSPS) is 12.1. The summed E-state index contributed by atoms with van der Waals surface area (Å²) < 4.78 is 0. The highest BCUT2D eigenvalue weighted by molar-refractivity contribution is 5.68. The zero-order valence-electron chi connectivity index (χ0n) is 7.97. The Morgan fingerprint density at radius 3 is 2.93 bits per heavy atom. The van der Waals surface area contributed by atoms with Crippen LogP contribution in [0.2, 0.25) is 0 Å². The predicted molar refractivity (Wildman–Crippen MR) is 52.0 cm³/mol. The van der Waals surface area contributed by atoms with E-state index >= 15 is 0 Å². The van der Waals surface area contributed by atoms with E-state index in [4.69, 9.17) is 5.11 Å². The number of carbonyl (C=O) groups is 1. The maximum atomic E-state index is 10.5. The molecule has 0 spiro atoms. The fourth-order valence-corrected chi connectivity index (χ4v) is 1.09. The quantitative estimate of drug-likeness (QED) is 0.736. The number of hydrogen-bond donors (Lipinski definition) is 2. The number of anilines is 1. The van der Waals surface area contributed by atoms with Crippen LogP contribution in [-0.2, 0) is 4.79 Å². The van der Waals surface area contributed by atoms with Crippen LogP contribution in [-0.4, -0.2) is 27.1 Å². The van der Waals surface area contributed by atoms with Crippen LogP contribution in [0.1, 0.15) is 19.8 Å². The number of hydrogen-bond acceptors (Lipinski definition) is 4. The lowest BCUT2D eigenvalue weighted by Gasteiger charge is -2.14. The van der Waals surface area contributed by atoms with Crippen molar-refractivity contribution in [2.24, 2.45) is 0 Å². The van der Waals surface area contributed by atoms with Gasteiger partial charge in [-0.1, -0.05) is 6.92 Å². The minimum atomic E-state index is -0.812. The molecule has 1 aromatic heterocycles. The van der Waals surface area contributed by atoms with Crippen molar-refractivity contribution in [3.05, 3.63) is 18.6 Å². The van der Waals surface area contributed by atoms with Crippen LogP contribution in [0.5, 0.6) is 0 Å². The molecule has 0 aliphatic heterocycles. The largest absolute Gasteiger partial charge is 0.481 e. The standard InChI is InChI=1S/C9H13N3O2/c1-2-7(5-9(13)14)12-8-6-10-3-4-11-8/h3-4,6-7H,2,5H2,1H3,(H,11,12)(H,13,14). The summed E-state index contributed by atoms with van der Waals surface area (Å²) in [5.41, 5.74) is 0. The monoisotopic (exact) mass is 195 g/mol. The molecular weight excluding hydrogens is 182 g/mol. The number of carboxylic acids is 1. The average molecular weight is 195 g/mol. The smallest absolute Gasteiger partial charge is 0.305 e. The topological polar surface area (TPSA) is 75.1 Å². The van der Waals surface area contributed by atoms with Crippen LogP contribution < -0.4 is 5.32 Å². The second-order valence-corrected chi connectivity index (χ2v) is 2.94. The lowest BCUT2D eigenvalue weighted by Crippen LogP contribution is -2.22. The summed E-state index contributed by atoms with van der Waals surface area (Å²) in [4.78, 5) is 18.4. The third-order valence-electron chi connectivity index (χ3n) is 1.83. The fourth-order valence-electron chi connectivity index (χ4n) is 1.09. The van der Waals surface area contributed by atoms with E-state index < -0.39 is 5.97 Å². The molecule has 1 atom stereocenters. The van der Waals surface area contributed by atoms with E-state index in [1.165, 1.54) is 0 Å². The maximum Gasteiger partial charge on any atom is 0.305 e. The van der Waals surface area contributed by atoms with Gasteiger partial charge in [-0.3, -0.25) is 9.78 Å². The van der Waals surface area contributed by atoms with Gasteiger partial charge in [0.2, 0.25) is 0 Å². The van der Waals surface area contributed by atoms with Gasteiger partial charge in [-0.05, 0) is 6.42 Å². The van der Waals surface area contributed by atoms with Crippen LogP contribution in [0.25, 0.3) is 0 Å². The first kappa shape index (κ1) is 10.4. The number of carboxylic acid groups (broad SMARTS) is 1. The molecule has 14 heavy (non-hydrogen) atoms. The van der Waals surface area contributed by atoms with Crippen molar-refractivity contribution in [3.63, 3.8) is 0 Å². The van der Waals surface area contributed by atoms with Crippen LogP contribution in [0, 0.1) is 0 Å². The first-order valence-electron chi connectivity index (χ1n) is 4.46. The molecule has 1 aromatic rings. The summed E-state index contributed by atoms with van der Waals surface area (Å²) in [6.07, 6.45) is 5.54. The first-order chi connectivity index (χ1) is 6.72. The van der Waals surface area contributed by atoms with Crippen LogP contribution in [0.15, 0.2) is 18.6 Å². The Morgan fingerprint density at radius 1 is 1.64 bits per heavy atom. The van der Waals surface area contributed by atoms with Gasteiger partial charge in [-0.25, -0.2) is 4.98 Å². The molecule has 0 radical (unpaired) electrons. The third-order valence-corrected chi connectivity index (χ3v) is 1.83. The molecular formula is C9H13N3O2. The molecule has 1 rings (SSSR count). The van der Waals surface area contributed by atoms with Crippen molar-refractivity contribution in [2.45, 2.75) is 25.8 Å². The van der Waals surface area contributed by atoms with Crippen molar-refractivity contribution in [1.82, 2.24) is 9.97 Å². The summed E-state index contributed by atoms with van der Waals surface area (Å²) in [6, 6.07) is -0.0933. The molecule has 0 bridgehead atoms. The van der Waals surface area contributed by atoms with Crippen LogP contribution in [0.4, 0.5) is 5.82 Å². The molecule has 0 amide bonds. The van der Waals surface area contributed by atoms with Gasteiger partial charge in [-0.2, -0.15) is 0 Å². The number of aromatic nitrogens is 2. The van der Waals surface area contributed by atoms with Gasteiger partial charge in [0, 0.05) is 18.4 Å².